The molecular formula is C18H25NO3. The Morgan fingerprint density at radius 3 is 2.41 bits per heavy atom. The second-order valence-corrected chi connectivity index (χ2v) is 6.39. The molecule has 2 rings (SSSR count). The van der Waals surface area contributed by atoms with Gasteiger partial charge in [0.2, 0.25) is 0 Å². The highest BCUT2D eigenvalue weighted by Gasteiger charge is 2.23. The van der Waals surface area contributed by atoms with E-state index in [0.717, 1.165) is 30.4 Å². The van der Waals surface area contributed by atoms with E-state index in [-0.39, 0.29) is 18.6 Å². The zero-order chi connectivity index (χ0) is 16.1. The van der Waals surface area contributed by atoms with Gasteiger partial charge in [0.25, 0.3) is 5.91 Å². The number of rotatable bonds is 4. The number of aryl methyl sites for hydroxylation is 2. The lowest BCUT2D eigenvalue weighted by molar-refractivity contribution is -0.125. The SMILES string of the molecule is Cc1cc(C)cc(C(=O)OCC(=O)N[C@@H]2CCCC[C@@H]2C)c1. The predicted octanol–water partition coefficient (Wildman–Crippen LogP) is 3.16. The van der Waals surface area contributed by atoms with Crippen LogP contribution in [0.15, 0.2) is 18.2 Å². The number of hydrogen-bond acceptors (Lipinski definition) is 3. The van der Waals surface area contributed by atoms with Crippen LogP contribution in [0.2, 0.25) is 0 Å². The lowest BCUT2D eigenvalue weighted by Gasteiger charge is -2.29. The van der Waals surface area contributed by atoms with Crippen molar-refractivity contribution in [3.05, 3.63) is 34.9 Å². The van der Waals surface area contributed by atoms with E-state index in [1.807, 2.05) is 19.9 Å². The van der Waals surface area contributed by atoms with Crippen molar-refractivity contribution in [3.63, 3.8) is 0 Å². The number of benzene rings is 1. The topological polar surface area (TPSA) is 55.4 Å². The summed E-state index contributed by atoms with van der Waals surface area (Å²) in [6, 6.07) is 5.75. The first-order chi connectivity index (χ1) is 10.5. The van der Waals surface area contributed by atoms with E-state index < -0.39 is 5.97 Å². The monoisotopic (exact) mass is 303 g/mol. The third-order valence-corrected chi connectivity index (χ3v) is 4.25. The summed E-state index contributed by atoms with van der Waals surface area (Å²) in [5, 5.41) is 2.98. The van der Waals surface area contributed by atoms with Gasteiger partial charge in [-0.25, -0.2) is 4.79 Å². The third-order valence-electron chi connectivity index (χ3n) is 4.25. The van der Waals surface area contributed by atoms with Crippen LogP contribution in [0.5, 0.6) is 0 Å². The van der Waals surface area contributed by atoms with Crippen molar-refractivity contribution in [2.45, 2.75) is 52.5 Å². The highest BCUT2D eigenvalue weighted by Crippen LogP contribution is 2.23. The Hall–Kier alpha value is -1.84. The van der Waals surface area contributed by atoms with E-state index in [0.29, 0.717) is 11.5 Å². The van der Waals surface area contributed by atoms with Crippen molar-refractivity contribution >= 4 is 11.9 Å². The van der Waals surface area contributed by atoms with E-state index in [1.54, 1.807) is 12.1 Å². The molecule has 0 bridgehead atoms. The van der Waals surface area contributed by atoms with Crippen LogP contribution in [0.1, 0.15) is 54.1 Å². The van der Waals surface area contributed by atoms with Crippen molar-refractivity contribution in [2.24, 2.45) is 5.92 Å². The normalized spacial score (nSPS) is 21.2. The molecule has 1 fully saturated rings. The maximum absolute atomic E-state index is 12.0. The number of carbonyl (C=O) groups is 2. The summed E-state index contributed by atoms with van der Waals surface area (Å²) >= 11 is 0. The van der Waals surface area contributed by atoms with Crippen LogP contribution in [0, 0.1) is 19.8 Å². The minimum atomic E-state index is -0.446. The Bertz CT molecular complexity index is 533. The van der Waals surface area contributed by atoms with E-state index in [2.05, 4.69) is 12.2 Å². The minimum absolute atomic E-state index is 0.209. The summed E-state index contributed by atoms with van der Waals surface area (Å²) in [6.45, 7) is 5.81. The lowest BCUT2D eigenvalue weighted by Crippen LogP contribution is -2.42. The first-order valence-electron chi connectivity index (χ1n) is 8.00. The molecule has 1 amide bonds. The second kappa shape index (κ2) is 7.43. The number of hydrogen-bond donors (Lipinski definition) is 1. The maximum Gasteiger partial charge on any atom is 0.338 e. The van der Waals surface area contributed by atoms with Gasteiger partial charge in [-0.05, 0) is 44.7 Å². The average Bonchev–Trinajstić information content (AvgIpc) is 2.46. The molecule has 0 radical (unpaired) electrons. The summed E-state index contributed by atoms with van der Waals surface area (Å²) < 4.78 is 5.13. The molecule has 1 aromatic rings. The molecule has 120 valence electrons. The predicted molar refractivity (Wildman–Crippen MR) is 85.8 cm³/mol. The maximum atomic E-state index is 12.0. The van der Waals surface area contributed by atoms with Gasteiger partial charge in [-0.15, -0.1) is 0 Å². The molecule has 0 heterocycles. The summed E-state index contributed by atoms with van der Waals surface area (Å²) in [4.78, 5) is 23.9. The van der Waals surface area contributed by atoms with Crippen LogP contribution >= 0.6 is 0 Å². The van der Waals surface area contributed by atoms with Crippen LogP contribution in [-0.2, 0) is 9.53 Å². The fourth-order valence-electron chi connectivity index (χ4n) is 3.09. The molecule has 0 spiro atoms. The van der Waals surface area contributed by atoms with Crippen molar-refractivity contribution in [3.8, 4) is 0 Å². The molecule has 0 aliphatic heterocycles. The Labute approximate surface area is 132 Å². The van der Waals surface area contributed by atoms with Crippen molar-refractivity contribution in [2.75, 3.05) is 6.61 Å². The van der Waals surface area contributed by atoms with Gasteiger partial charge >= 0.3 is 5.97 Å². The van der Waals surface area contributed by atoms with Gasteiger partial charge in [0.15, 0.2) is 6.61 Å². The lowest BCUT2D eigenvalue weighted by atomic mass is 9.86. The molecule has 4 heteroatoms. The van der Waals surface area contributed by atoms with Crippen LogP contribution in [0.3, 0.4) is 0 Å². The van der Waals surface area contributed by atoms with Crippen molar-refractivity contribution in [1.82, 2.24) is 5.32 Å². The number of esters is 1. The molecule has 1 aliphatic rings. The van der Waals surface area contributed by atoms with E-state index >= 15 is 0 Å². The Balaban J connectivity index is 1.83. The van der Waals surface area contributed by atoms with Gasteiger partial charge in [-0.3, -0.25) is 4.79 Å². The summed E-state index contributed by atoms with van der Waals surface area (Å²) in [7, 11) is 0. The van der Waals surface area contributed by atoms with Crippen LogP contribution < -0.4 is 5.32 Å². The van der Waals surface area contributed by atoms with Crippen LogP contribution in [0.4, 0.5) is 0 Å². The van der Waals surface area contributed by atoms with Gasteiger partial charge in [0, 0.05) is 6.04 Å². The Kier molecular flexibility index (Phi) is 5.58. The molecule has 1 N–H and O–H groups in total. The molecule has 0 aromatic heterocycles. The van der Waals surface area contributed by atoms with Gasteiger partial charge in [-0.2, -0.15) is 0 Å². The summed E-state index contributed by atoms with van der Waals surface area (Å²) in [6.07, 6.45) is 4.54. The number of amides is 1. The molecule has 0 saturated heterocycles. The van der Waals surface area contributed by atoms with Crippen LogP contribution in [-0.4, -0.2) is 24.5 Å². The largest absolute Gasteiger partial charge is 0.452 e. The number of ether oxygens (including phenoxy) is 1. The molecule has 1 aliphatic carbocycles. The summed E-state index contributed by atoms with van der Waals surface area (Å²) in [5.74, 6) is -0.164. The minimum Gasteiger partial charge on any atom is -0.452 e. The quantitative estimate of drug-likeness (QED) is 0.869. The molecule has 22 heavy (non-hydrogen) atoms. The first kappa shape index (κ1) is 16.5. The molecule has 2 atom stereocenters. The molecule has 4 nitrogen and oxygen atoms in total. The van der Waals surface area contributed by atoms with Crippen molar-refractivity contribution < 1.29 is 14.3 Å². The third kappa shape index (κ3) is 4.58. The fraction of sp³-hybridized carbons (Fsp3) is 0.556. The van der Waals surface area contributed by atoms with Gasteiger partial charge in [0.1, 0.15) is 0 Å². The zero-order valence-electron chi connectivity index (χ0n) is 13.6. The van der Waals surface area contributed by atoms with Gasteiger partial charge in [0.05, 0.1) is 5.56 Å². The molecule has 0 unspecified atom stereocenters. The Morgan fingerprint density at radius 2 is 1.77 bits per heavy atom. The summed E-state index contributed by atoms with van der Waals surface area (Å²) in [5.41, 5.74) is 2.51. The second-order valence-electron chi connectivity index (χ2n) is 6.39. The smallest absolute Gasteiger partial charge is 0.338 e. The van der Waals surface area contributed by atoms with Crippen molar-refractivity contribution in [1.29, 1.82) is 0 Å². The van der Waals surface area contributed by atoms with Crippen LogP contribution in [0.25, 0.3) is 0 Å². The van der Waals surface area contributed by atoms with Gasteiger partial charge in [-0.1, -0.05) is 37.0 Å². The average molecular weight is 303 g/mol. The molecular weight excluding hydrogens is 278 g/mol. The number of nitrogens with one attached hydrogen (secondary N) is 1. The van der Waals surface area contributed by atoms with E-state index in [4.69, 9.17) is 4.74 Å². The highest BCUT2D eigenvalue weighted by molar-refractivity contribution is 5.91. The molecule has 1 aromatic carbocycles. The highest BCUT2D eigenvalue weighted by atomic mass is 16.5. The molecule has 1 saturated carbocycles. The van der Waals surface area contributed by atoms with E-state index in [9.17, 15) is 9.59 Å². The fourth-order valence-corrected chi connectivity index (χ4v) is 3.09. The standard InChI is InChI=1S/C18H25NO3/c1-12-8-13(2)10-15(9-12)18(21)22-11-17(20)19-16-7-5-4-6-14(16)3/h8-10,14,16H,4-7,11H2,1-3H3,(H,19,20)/t14-,16+/m0/s1. The van der Waals surface area contributed by atoms with E-state index in [1.165, 1.54) is 6.42 Å². The van der Waals surface area contributed by atoms with Gasteiger partial charge < -0.3 is 10.1 Å². The number of carbonyl (C=O) groups excluding carboxylic acids is 2. The Morgan fingerprint density at radius 1 is 1.14 bits per heavy atom. The first-order valence-corrected chi connectivity index (χ1v) is 8.00. The zero-order valence-corrected chi connectivity index (χ0v) is 13.6.